The lowest BCUT2D eigenvalue weighted by Gasteiger charge is -2.29. The Kier molecular flexibility index (Phi) is 4.15. The minimum atomic E-state index is -0.157. The number of carbonyl (C=O) groups excluding carboxylic acids is 2. The Hall–Kier alpha value is -1.89. The number of fused-ring (bicyclic) bond motifs is 1. The number of aromatic nitrogens is 2. The fourth-order valence-corrected chi connectivity index (χ4v) is 3.14. The summed E-state index contributed by atoms with van der Waals surface area (Å²) in [5, 5.41) is 7.38. The zero-order valence-corrected chi connectivity index (χ0v) is 13.1. The van der Waals surface area contributed by atoms with E-state index < -0.39 is 0 Å². The first kappa shape index (κ1) is 15.0. The van der Waals surface area contributed by atoms with Gasteiger partial charge in [-0.05, 0) is 25.7 Å². The second kappa shape index (κ2) is 6.08. The number of rotatable bonds is 3. The van der Waals surface area contributed by atoms with Gasteiger partial charge in [-0.25, -0.2) is 0 Å². The molecule has 1 fully saturated rings. The van der Waals surface area contributed by atoms with Crippen molar-refractivity contribution in [1.29, 1.82) is 0 Å². The minimum Gasteiger partial charge on any atom is -0.365 e. The second-order valence-electron chi connectivity index (χ2n) is 6.02. The van der Waals surface area contributed by atoms with E-state index in [2.05, 4.69) is 10.4 Å². The molecule has 1 aromatic rings. The first-order valence-corrected chi connectivity index (χ1v) is 7.74. The molecule has 1 N–H and O–H groups in total. The molecule has 0 unspecified atom stereocenters. The highest BCUT2D eigenvalue weighted by molar-refractivity contribution is 5.94. The second-order valence-corrected chi connectivity index (χ2v) is 6.02. The number of ether oxygens (including phenoxy) is 1. The Bertz CT molecular complexity index is 596. The van der Waals surface area contributed by atoms with E-state index in [0.717, 1.165) is 36.9 Å². The topological polar surface area (TPSA) is 76.5 Å². The van der Waals surface area contributed by atoms with Gasteiger partial charge in [-0.3, -0.25) is 14.3 Å². The quantitative estimate of drug-likeness (QED) is 0.845. The lowest BCUT2D eigenvalue weighted by atomic mass is 9.95. The van der Waals surface area contributed by atoms with Gasteiger partial charge in [-0.1, -0.05) is 0 Å². The van der Waals surface area contributed by atoms with Gasteiger partial charge in [0.25, 0.3) is 5.91 Å². The predicted molar refractivity (Wildman–Crippen MR) is 79.6 cm³/mol. The fraction of sp³-hybridized carbons (Fsp3) is 0.667. The van der Waals surface area contributed by atoms with E-state index in [4.69, 9.17) is 4.74 Å². The third kappa shape index (κ3) is 2.85. The molecule has 1 saturated heterocycles. The Morgan fingerprint density at radius 1 is 1.36 bits per heavy atom. The fourth-order valence-electron chi connectivity index (χ4n) is 3.14. The van der Waals surface area contributed by atoms with E-state index in [1.54, 1.807) is 16.6 Å². The molecule has 22 heavy (non-hydrogen) atoms. The van der Waals surface area contributed by atoms with Crippen molar-refractivity contribution in [2.75, 3.05) is 26.7 Å². The summed E-state index contributed by atoms with van der Waals surface area (Å²) in [6, 6.07) is 0. The van der Waals surface area contributed by atoms with Crippen LogP contribution in [0.5, 0.6) is 0 Å². The van der Waals surface area contributed by atoms with Gasteiger partial charge in [0.05, 0.1) is 11.8 Å². The van der Waals surface area contributed by atoms with Gasteiger partial charge in [-0.15, -0.1) is 0 Å². The molecule has 7 heteroatoms. The summed E-state index contributed by atoms with van der Waals surface area (Å²) >= 11 is 0. The molecule has 120 valence electrons. The summed E-state index contributed by atoms with van der Waals surface area (Å²) in [6.07, 6.45) is 3.97. The van der Waals surface area contributed by atoms with Crippen molar-refractivity contribution in [2.24, 2.45) is 7.05 Å². The summed E-state index contributed by atoms with van der Waals surface area (Å²) in [4.78, 5) is 25.5. The Morgan fingerprint density at radius 3 is 2.91 bits per heavy atom. The van der Waals surface area contributed by atoms with Crippen LogP contribution in [0.1, 0.15) is 34.6 Å². The zero-order chi connectivity index (χ0) is 15.7. The Balaban J connectivity index is 1.63. The van der Waals surface area contributed by atoms with Gasteiger partial charge in [0.2, 0.25) is 5.91 Å². The smallest absolute Gasteiger partial charge is 0.269 e. The third-order valence-electron chi connectivity index (χ3n) is 4.37. The number of amides is 2. The number of hydrogen-bond acceptors (Lipinski definition) is 4. The third-order valence-corrected chi connectivity index (χ3v) is 4.37. The Labute approximate surface area is 129 Å². The van der Waals surface area contributed by atoms with Crippen molar-refractivity contribution in [3.8, 4) is 0 Å². The van der Waals surface area contributed by atoms with E-state index in [-0.39, 0.29) is 24.5 Å². The van der Waals surface area contributed by atoms with Crippen LogP contribution >= 0.6 is 0 Å². The number of morpholine rings is 1. The first-order valence-electron chi connectivity index (χ1n) is 7.74. The normalized spacial score (nSPS) is 21.6. The predicted octanol–water partition coefficient (Wildman–Crippen LogP) is -0.114. The highest BCUT2D eigenvalue weighted by Gasteiger charge is 2.26. The average Bonchev–Trinajstić information content (AvgIpc) is 2.84. The van der Waals surface area contributed by atoms with Gasteiger partial charge in [0.15, 0.2) is 0 Å². The first-order chi connectivity index (χ1) is 10.6. The lowest BCUT2D eigenvalue weighted by molar-refractivity contribution is -0.146. The molecule has 0 aromatic carbocycles. The van der Waals surface area contributed by atoms with Crippen molar-refractivity contribution >= 4 is 11.8 Å². The number of carbonyl (C=O) groups is 2. The van der Waals surface area contributed by atoms with E-state index >= 15 is 0 Å². The van der Waals surface area contributed by atoms with Crippen LogP contribution in [0.3, 0.4) is 0 Å². The zero-order valence-electron chi connectivity index (χ0n) is 13.1. The molecule has 2 heterocycles. The van der Waals surface area contributed by atoms with Crippen molar-refractivity contribution in [2.45, 2.75) is 31.8 Å². The monoisotopic (exact) mass is 306 g/mol. The molecule has 0 bridgehead atoms. The van der Waals surface area contributed by atoms with Crippen LogP contribution < -0.4 is 5.32 Å². The van der Waals surface area contributed by atoms with Crippen LogP contribution in [0.25, 0.3) is 0 Å². The number of aryl methyl sites for hydroxylation is 2. The summed E-state index contributed by atoms with van der Waals surface area (Å²) in [5.41, 5.74) is 2.80. The van der Waals surface area contributed by atoms with Gasteiger partial charge in [0.1, 0.15) is 12.3 Å². The van der Waals surface area contributed by atoms with Gasteiger partial charge < -0.3 is 15.0 Å². The maximum atomic E-state index is 12.5. The highest BCUT2D eigenvalue weighted by Crippen LogP contribution is 2.23. The maximum absolute atomic E-state index is 12.5. The molecule has 0 saturated carbocycles. The summed E-state index contributed by atoms with van der Waals surface area (Å²) in [5.74, 6) is -0.135. The minimum absolute atomic E-state index is 0.0247. The summed E-state index contributed by atoms with van der Waals surface area (Å²) in [7, 11) is 3.56. The van der Waals surface area contributed by atoms with E-state index in [1.165, 1.54) is 0 Å². The molecule has 3 rings (SSSR count). The van der Waals surface area contributed by atoms with Crippen molar-refractivity contribution in [1.82, 2.24) is 20.0 Å². The van der Waals surface area contributed by atoms with Crippen molar-refractivity contribution in [3.05, 3.63) is 17.0 Å². The van der Waals surface area contributed by atoms with Crippen LogP contribution in [0.4, 0.5) is 0 Å². The molecule has 2 amide bonds. The average molecular weight is 306 g/mol. The number of hydrogen-bond donors (Lipinski definition) is 1. The molecular weight excluding hydrogens is 284 g/mol. The van der Waals surface area contributed by atoms with Crippen LogP contribution in [-0.2, 0) is 29.4 Å². The van der Waals surface area contributed by atoms with E-state index in [0.29, 0.717) is 18.8 Å². The summed E-state index contributed by atoms with van der Waals surface area (Å²) in [6.45, 7) is 0.983. The molecule has 1 atom stereocenters. The number of nitrogens with zero attached hydrogens (tertiary/aromatic N) is 3. The number of likely N-dealkylation sites (N-methyl/N-ethyl adjacent to an activating group) is 1. The molecule has 1 aromatic heterocycles. The van der Waals surface area contributed by atoms with E-state index in [1.807, 2.05) is 7.05 Å². The molecule has 0 spiro atoms. The molecule has 1 aliphatic carbocycles. The standard InChI is InChI=1S/C15H22N4O3/c1-18-8-10(22-9-13(18)20)7-16-15(21)14-11-5-3-4-6-12(11)17-19(14)2/h10H,3-9H2,1-2H3,(H,16,21)/t10-/m0/s1. The van der Waals surface area contributed by atoms with E-state index in [9.17, 15) is 9.59 Å². The van der Waals surface area contributed by atoms with Crippen molar-refractivity contribution in [3.63, 3.8) is 0 Å². The van der Waals surface area contributed by atoms with Crippen LogP contribution in [0.15, 0.2) is 0 Å². The van der Waals surface area contributed by atoms with Crippen molar-refractivity contribution < 1.29 is 14.3 Å². The Morgan fingerprint density at radius 2 is 2.14 bits per heavy atom. The molecule has 7 nitrogen and oxygen atoms in total. The van der Waals surface area contributed by atoms with Crippen LogP contribution in [0, 0.1) is 0 Å². The molecule has 0 radical (unpaired) electrons. The van der Waals surface area contributed by atoms with Gasteiger partial charge in [-0.2, -0.15) is 5.10 Å². The number of nitrogens with one attached hydrogen (secondary N) is 1. The van der Waals surface area contributed by atoms with Crippen LogP contribution in [-0.4, -0.2) is 59.3 Å². The van der Waals surface area contributed by atoms with Gasteiger partial charge >= 0.3 is 0 Å². The molecule has 1 aliphatic heterocycles. The highest BCUT2D eigenvalue weighted by atomic mass is 16.5. The van der Waals surface area contributed by atoms with Crippen LogP contribution in [0.2, 0.25) is 0 Å². The van der Waals surface area contributed by atoms with Gasteiger partial charge in [0, 0.05) is 32.7 Å². The molecule has 2 aliphatic rings. The maximum Gasteiger partial charge on any atom is 0.269 e. The largest absolute Gasteiger partial charge is 0.365 e. The SMILES string of the molecule is CN1C[C@H](CNC(=O)c2c3c(nn2C)CCCC3)OCC1=O. The summed E-state index contributed by atoms with van der Waals surface area (Å²) < 4.78 is 7.13. The lowest BCUT2D eigenvalue weighted by Crippen LogP contribution is -2.48. The molecular formula is C15H22N4O3.